The lowest BCUT2D eigenvalue weighted by molar-refractivity contribution is -0.140. The van der Waals surface area contributed by atoms with Crippen LogP contribution in [0, 0.1) is 0 Å². The summed E-state index contributed by atoms with van der Waals surface area (Å²) in [6.45, 7) is 0.238. The predicted molar refractivity (Wildman–Crippen MR) is 98.4 cm³/mol. The molecule has 146 valence electrons. The lowest BCUT2D eigenvalue weighted by Crippen LogP contribution is -2.31. The molecule has 3 aromatic rings. The molecule has 3 heterocycles. The number of hydrogen-bond acceptors (Lipinski definition) is 4. The number of nitrogens with zero attached hydrogens (tertiary/aromatic N) is 4. The van der Waals surface area contributed by atoms with Crippen LogP contribution in [0.3, 0.4) is 0 Å². The van der Waals surface area contributed by atoms with Crippen LogP contribution in [0.1, 0.15) is 17.0 Å². The van der Waals surface area contributed by atoms with E-state index in [1.54, 1.807) is 35.1 Å². The van der Waals surface area contributed by atoms with Crippen LogP contribution in [0.5, 0.6) is 0 Å². The first kappa shape index (κ1) is 18.4. The van der Waals surface area contributed by atoms with E-state index in [-0.39, 0.29) is 12.4 Å². The number of halogens is 4. The van der Waals surface area contributed by atoms with Gasteiger partial charge in [0.25, 0.3) is 0 Å². The van der Waals surface area contributed by atoms with Crippen LogP contribution in [0.15, 0.2) is 53.8 Å². The summed E-state index contributed by atoms with van der Waals surface area (Å²) in [5.41, 5.74) is 3.55. The van der Waals surface area contributed by atoms with Crippen molar-refractivity contribution in [1.29, 1.82) is 0 Å². The van der Waals surface area contributed by atoms with Crippen LogP contribution in [0.25, 0.3) is 11.4 Å². The summed E-state index contributed by atoms with van der Waals surface area (Å²) in [7, 11) is 1.53. The lowest BCUT2D eigenvalue weighted by atomic mass is 10.1. The van der Waals surface area contributed by atoms with E-state index >= 15 is 0 Å². The van der Waals surface area contributed by atoms with E-state index in [0.717, 1.165) is 17.5 Å². The molecule has 0 saturated heterocycles. The molecule has 6 nitrogen and oxygen atoms in total. The van der Waals surface area contributed by atoms with Gasteiger partial charge in [0.15, 0.2) is 5.69 Å². The molecule has 0 radical (unpaired) electrons. The molecule has 0 saturated carbocycles. The highest BCUT2D eigenvalue weighted by atomic mass is 35.5. The molecule has 1 aliphatic heterocycles. The van der Waals surface area contributed by atoms with Gasteiger partial charge in [0.1, 0.15) is 18.1 Å². The first-order chi connectivity index (χ1) is 13.3. The zero-order valence-corrected chi connectivity index (χ0v) is 15.4. The van der Waals surface area contributed by atoms with Crippen LogP contribution >= 0.6 is 11.6 Å². The Bertz CT molecular complexity index is 1020. The summed E-state index contributed by atoms with van der Waals surface area (Å²) in [6, 6.07) is 10.6. The monoisotopic (exact) mass is 409 g/mol. The Morgan fingerprint density at radius 1 is 1.21 bits per heavy atom. The van der Waals surface area contributed by atoms with Crippen molar-refractivity contribution >= 4 is 17.5 Å². The minimum Gasteiger partial charge on any atom is -0.471 e. The van der Waals surface area contributed by atoms with Gasteiger partial charge in [-0.15, -0.1) is 0 Å². The Kier molecular flexibility index (Phi) is 4.54. The smallest absolute Gasteiger partial charge is 0.434 e. The number of aliphatic imine (C=N–C) groups is 1. The summed E-state index contributed by atoms with van der Waals surface area (Å²) >= 11 is 6.03. The number of benzene rings is 1. The number of nitrogens with one attached hydrogen (secondary N) is 1. The van der Waals surface area contributed by atoms with Crippen molar-refractivity contribution in [2.75, 3.05) is 5.43 Å². The Balaban J connectivity index is 1.48. The Labute approximate surface area is 163 Å². The van der Waals surface area contributed by atoms with Gasteiger partial charge in [0.2, 0.25) is 11.5 Å². The zero-order valence-electron chi connectivity index (χ0n) is 14.6. The summed E-state index contributed by atoms with van der Waals surface area (Å²) < 4.78 is 47.3. The molecular formula is C18H15ClF3N5O. The number of rotatable bonds is 3. The Hall–Kier alpha value is -2.94. The van der Waals surface area contributed by atoms with Crippen LogP contribution in [0.2, 0.25) is 0 Å². The summed E-state index contributed by atoms with van der Waals surface area (Å²) in [4.78, 5) is 7.91. The quantitative estimate of drug-likeness (QED) is 0.526. The molecule has 0 aliphatic carbocycles. The van der Waals surface area contributed by atoms with E-state index in [1.165, 1.54) is 11.6 Å². The second kappa shape index (κ2) is 6.90. The topological polar surface area (TPSA) is 56.4 Å². The van der Waals surface area contributed by atoms with Crippen molar-refractivity contribution in [2.24, 2.45) is 12.0 Å². The fraction of sp³-hybridized carbons (Fsp3) is 0.222. The molecule has 28 heavy (non-hydrogen) atoms. The van der Waals surface area contributed by atoms with E-state index in [1.807, 2.05) is 12.1 Å². The normalized spacial score (nSPS) is 16.3. The average Bonchev–Trinajstić information content (AvgIpc) is 3.26. The van der Waals surface area contributed by atoms with Gasteiger partial charge in [-0.25, -0.2) is 9.98 Å². The number of aryl methyl sites for hydroxylation is 1. The van der Waals surface area contributed by atoms with Crippen molar-refractivity contribution in [3.63, 3.8) is 0 Å². The molecule has 1 N–H and O–H groups in total. The molecular weight excluding hydrogens is 395 g/mol. The van der Waals surface area contributed by atoms with Crippen molar-refractivity contribution in [2.45, 2.75) is 18.4 Å². The number of imidazole rings is 1. The third-order valence-corrected chi connectivity index (χ3v) is 4.39. The van der Waals surface area contributed by atoms with Gasteiger partial charge in [0.05, 0.1) is 0 Å². The highest BCUT2D eigenvalue weighted by Gasteiger charge is 2.34. The third-order valence-electron chi connectivity index (χ3n) is 4.20. The Morgan fingerprint density at radius 3 is 2.64 bits per heavy atom. The number of aromatic nitrogens is 3. The maximum absolute atomic E-state index is 12.8. The largest absolute Gasteiger partial charge is 0.471 e. The second-order valence-electron chi connectivity index (χ2n) is 6.21. The standard InChI is InChI=1S/C18H15ClF3N5O/c1-26-9-14(18(20,21)22)23-15(26)12-6-4-11(5-7-12)10-28-16-13-3-2-8-27(13)25-17(19)24-16/h2-9,17,25H,10H2,1H3. The van der Waals surface area contributed by atoms with Crippen molar-refractivity contribution in [1.82, 2.24) is 14.2 Å². The first-order valence-corrected chi connectivity index (χ1v) is 8.74. The van der Waals surface area contributed by atoms with E-state index in [2.05, 4.69) is 15.4 Å². The molecule has 0 spiro atoms. The van der Waals surface area contributed by atoms with E-state index < -0.39 is 17.5 Å². The van der Waals surface area contributed by atoms with Crippen molar-refractivity contribution < 1.29 is 17.9 Å². The van der Waals surface area contributed by atoms with Gasteiger partial charge in [-0.1, -0.05) is 35.9 Å². The molecule has 1 atom stereocenters. The fourth-order valence-electron chi connectivity index (χ4n) is 2.86. The van der Waals surface area contributed by atoms with Gasteiger partial charge >= 0.3 is 6.18 Å². The van der Waals surface area contributed by atoms with Crippen molar-refractivity contribution in [3.05, 3.63) is 65.7 Å². The minimum atomic E-state index is -4.47. The third kappa shape index (κ3) is 3.57. The van der Waals surface area contributed by atoms with Gasteiger partial charge in [-0.2, -0.15) is 13.2 Å². The average molecular weight is 410 g/mol. The van der Waals surface area contributed by atoms with Crippen LogP contribution in [-0.4, -0.2) is 25.7 Å². The van der Waals surface area contributed by atoms with Gasteiger partial charge in [-0.05, 0) is 17.7 Å². The molecule has 1 aromatic carbocycles. The second-order valence-corrected chi connectivity index (χ2v) is 6.62. The molecule has 0 bridgehead atoms. The van der Waals surface area contributed by atoms with E-state index in [4.69, 9.17) is 16.3 Å². The van der Waals surface area contributed by atoms with Gasteiger partial charge < -0.3 is 9.30 Å². The molecule has 1 aliphatic rings. The molecule has 1 unspecified atom stereocenters. The van der Waals surface area contributed by atoms with Gasteiger partial charge in [-0.3, -0.25) is 10.1 Å². The highest BCUT2D eigenvalue weighted by molar-refractivity contribution is 6.22. The summed E-state index contributed by atoms with van der Waals surface area (Å²) in [5, 5.41) is 0. The minimum absolute atomic E-state index is 0.238. The van der Waals surface area contributed by atoms with Crippen LogP contribution in [0.4, 0.5) is 13.2 Å². The number of alkyl halides is 4. The maximum atomic E-state index is 12.8. The van der Waals surface area contributed by atoms with Crippen LogP contribution < -0.4 is 5.43 Å². The number of hydrogen-bond donors (Lipinski definition) is 1. The first-order valence-electron chi connectivity index (χ1n) is 8.30. The zero-order chi connectivity index (χ0) is 19.9. The van der Waals surface area contributed by atoms with E-state index in [9.17, 15) is 13.2 Å². The number of fused-ring (bicyclic) bond motifs is 1. The molecule has 0 fully saturated rings. The predicted octanol–water partition coefficient (Wildman–Crippen LogP) is 3.95. The number of ether oxygens (including phenoxy) is 1. The SMILES string of the molecule is Cn1cc(C(F)(F)F)nc1-c1ccc(COC2=NC(Cl)Nn3cccc32)cc1. The van der Waals surface area contributed by atoms with Crippen LogP contribution in [-0.2, 0) is 24.6 Å². The molecule has 4 rings (SSSR count). The molecule has 2 aromatic heterocycles. The molecule has 10 heteroatoms. The summed E-state index contributed by atoms with van der Waals surface area (Å²) in [5.74, 6) is 0.650. The molecule has 0 amide bonds. The lowest BCUT2D eigenvalue weighted by Gasteiger charge is -2.21. The fourth-order valence-corrected chi connectivity index (χ4v) is 3.06. The maximum Gasteiger partial charge on any atom is 0.434 e. The Morgan fingerprint density at radius 2 is 1.96 bits per heavy atom. The van der Waals surface area contributed by atoms with Gasteiger partial charge in [0, 0.05) is 25.0 Å². The van der Waals surface area contributed by atoms with Crippen molar-refractivity contribution in [3.8, 4) is 11.4 Å². The summed E-state index contributed by atoms with van der Waals surface area (Å²) in [6.07, 6.45) is -1.70. The van der Waals surface area contributed by atoms with E-state index in [0.29, 0.717) is 11.5 Å². The highest BCUT2D eigenvalue weighted by Crippen LogP contribution is 2.30.